The largest absolute Gasteiger partial charge is 0.481 e. The van der Waals surface area contributed by atoms with Crippen LogP contribution in [0.1, 0.15) is 131 Å². The highest BCUT2D eigenvalue weighted by atomic mass is 32.2. The van der Waals surface area contributed by atoms with Gasteiger partial charge in [0.25, 0.3) is 0 Å². The summed E-state index contributed by atoms with van der Waals surface area (Å²) in [7, 11) is 0. The van der Waals surface area contributed by atoms with Gasteiger partial charge in [0.15, 0.2) is 0 Å². The maximum Gasteiger partial charge on any atom is 0.315 e. The van der Waals surface area contributed by atoms with Crippen molar-refractivity contribution < 1.29 is 19.8 Å². The second-order valence-corrected chi connectivity index (χ2v) is 17.7. The lowest BCUT2D eigenvalue weighted by molar-refractivity contribution is -0.137. The minimum atomic E-state index is -0.729. The predicted molar refractivity (Wildman–Crippen MR) is 181 cm³/mol. The van der Waals surface area contributed by atoms with Crippen molar-refractivity contribution in [1.82, 2.24) is 10.6 Å². The van der Waals surface area contributed by atoms with Crippen molar-refractivity contribution >= 4 is 23.8 Å². The van der Waals surface area contributed by atoms with Crippen LogP contribution in [0.15, 0.2) is 11.6 Å². The second kappa shape index (κ2) is 14.3. The Balaban J connectivity index is 0.000000204. The van der Waals surface area contributed by atoms with Gasteiger partial charge in [-0.1, -0.05) is 72.0 Å². The molecule has 44 heavy (non-hydrogen) atoms. The number of aliphatic hydroxyl groups is 1. The maximum atomic E-state index is 11.1. The summed E-state index contributed by atoms with van der Waals surface area (Å²) in [5, 5.41) is 25.0. The Kier molecular flexibility index (Phi) is 11.1. The molecule has 6 aliphatic rings. The standard InChI is InChI=1S/C27H46O.C10H16N2O3S/c1-18(2)7-6-8-19(3)23-11-12-24-22-10-9-20-17-21(28)13-15-26(20,4)25(22)14-16-27(23,24)5;13-8(14)4-2-1-3-7-9-6(5-16-7)11-10(15)12-9/h9,18-19,21-25,28H,6-8,10-17H2,1-5H3;6-7,9H,1-5H2,(H,13,14)(H2,11,12,15)/t;6-,7-,9-/m.1/s1. The Morgan fingerprint density at radius 1 is 1.02 bits per heavy atom. The molecule has 2 saturated heterocycles. The molecule has 4 N–H and O–H groups in total. The second-order valence-electron chi connectivity index (χ2n) is 16.4. The summed E-state index contributed by atoms with van der Waals surface area (Å²) in [4.78, 5) is 21.5. The average molecular weight is 631 g/mol. The van der Waals surface area contributed by atoms with E-state index in [4.69, 9.17) is 5.11 Å². The van der Waals surface area contributed by atoms with E-state index in [1.54, 1.807) is 5.57 Å². The van der Waals surface area contributed by atoms with Gasteiger partial charge in [0.1, 0.15) is 0 Å². The summed E-state index contributed by atoms with van der Waals surface area (Å²) >= 11 is 1.87. The molecular weight excluding hydrogens is 568 g/mol. The average Bonchev–Trinajstić information content (AvgIpc) is 3.63. The number of aliphatic hydroxyl groups excluding tert-OH is 1. The van der Waals surface area contributed by atoms with Gasteiger partial charge in [-0.25, -0.2) is 4.79 Å². The third-order valence-electron chi connectivity index (χ3n) is 13.3. The number of unbranched alkanes of at least 4 members (excludes halogenated alkanes) is 1. The van der Waals surface area contributed by atoms with Gasteiger partial charge in [0, 0.05) is 17.4 Å². The zero-order valence-corrected chi connectivity index (χ0v) is 29.1. The Bertz CT molecular complexity index is 1050. The Morgan fingerprint density at radius 3 is 2.57 bits per heavy atom. The van der Waals surface area contributed by atoms with E-state index in [1.165, 1.54) is 57.8 Å². The van der Waals surface area contributed by atoms with Crippen LogP contribution in [0.4, 0.5) is 4.79 Å². The molecular formula is C37H62N2O4S. The molecule has 2 amide bonds. The molecule has 6 rings (SSSR count). The van der Waals surface area contributed by atoms with E-state index in [1.807, 2.05) is 11.8 Å². The summed E-state index contributed by atoms with van der Waals surface area (Å²) in [5.74, 6) is 5.69. The van der Waals surface area contributed by atoms with E-state index < -0.39 is 5.97 Å². The Hall–Kier alpha value is -1.21. The van der Waals surface area contributed by atoms with E-state index in [2.05, 4.69) is 51.3 Å². The van der Waals surface area contributed by atoms with Crippen LogP contribution in [-0.4, -0.2) is 51.4 Å². The maximum absolute atomic E-state index is 11.1. The molecule has 0 aromatic heterocycles. The van der Waals surface area contributed by atoms with Gasteiger partial charge in [-0.05, 0) is 111 Å². The first-order chi connectivity index (χ1) is 20.9. The molecule has 6 nitrogen and oxygen atoms in total. The van der Waals surface area contributed by atoms with E-state index >= 15 is 0 Å². The molecule has 5 fully saturated rings. The lowest BCUT2D eigenvalue weighted by atomic mass is 9.47. The van der Waals surface area contributed by atoms with Crippen molar-refractivity contribution in [3.8, 4) is 0 Å². The van der Waals surface area contributed by atoms with E-state index in [9.17, 15) is 14.7 Å². The number of thioether (sulfide) groups is 1. The normalized spacial score (nSPS) is 41.2. The molecule has 0 spiro atoms. The number of nitrogens with one attached hydrogen (secondary N) is 2. The molecule has 3 saturated carbocycles. The number of carboxylic acids is 1. The summed E-state index contributed by atoms with van der Waals surface area (Å²) < 4.78 is 0. The van der Waals surface area contributed by atoms with Crippen LogP contribution < -0.4 is 10.6 Å². The number of fused-ring (bicyclic) bond motifs is 6. The highest BCUT2D eigenvalue weighted by Gasteiger charge is 2.59. The fraction of sp³-hybridized carbons (Fsp3) is 0.892. The van der Waals surface area contributed by atoms with Crippen LogP contribution >= 0.6 is 11.8 Å². The van der Waals surface area contributed by atoms with Crippen LogP contribution in [0.3, 0.4) is 0 Å². The van der Waals surface area contributed by atoms with Crippen molar-refractivity contribution in [2.24, 2.45) is 46.3 Å². The summed E-state index contributed by atoms with van der Waals surface area (Å²) in [6, 6.07) is 0.440. The third kappa shape index (κ3) is 7.19. The smallest absolute Gasteiger partial charge is 0.315 e. The van der Waals surface area contributed by atoms with Crippen LogP contribution in [0, 0.1) is 46.3 Å². The zero-order chi connectivity index (χ0) is 31.6. The van der Waals surface area contributed by atoms with Gasteiger partial charge >= 0.3 is 12.0 Å². The SMILES string of the molecule is CC(C)CCCC(C)C1CCC2C3CC=C4CC(O)CCC4(C)C3CCC12C.O=C(O)CCCC[C@H]1SC[C@H]2NC(=O)N[C@H]21. The molecule has 2 heterocycles. The topological polar surface area (TPSA) is 98.7 Å². The van der Waals surface area contributed by atoms with E-state index in [0.717, 1.165) is 73.4 Å². The molecule has 2 aliphatic heterocycles. The minimum Gasteiger partial charge on any atom is -0.481 e. The number of hydrogen-bond acceptors (Lipinski definition) is 4. The van der Waals surface area contributed by atoms with Crippen LogP contribution in [0.2, 0.25) is 0 Å². The van der Waals surface area contributed by atoms with Crippen molar-refractivity contribution in [1.29, 1.82) is 0 Å². The molecule has 0 aromatic carbocycles. The number of carboxylic acid groups (broad SMARTS) is 1. The summed E-state index contributed by atoms with van der Waals surface area (Å²) in [6.07, 6.45) is 20.0. The monoisotopic (exact) mass is 630 g/mol. The van der Waals surface area contributed by atoms with Gasteiger partial charge < -0.3 is 20.8 Å². The van der Waals surface area contributed by atoms with Crippen LogP contribution in [-0.2, 0) is 4.79 Å². The molecule has 0 aromatic rings. The minimum absolute atomic E-state index is 0.0640. The van der Waals surface area contributed by atoms with Crippen molar-refractivity contribution in [2.75, 3.05) is 5.75 Å². The first kappa shape index (κ1) is 34.1. The fourth-order valence-corrected chi connectivity index (χ4v) is 12.5. The van der Waals surface area contributed by atoms with Crippen LogP contribution in [0.5, 0.6) is 0 Å². The van der Waals surface area contributed by atoms with Gasteiger partial charge in [-0.3, -0.25) is 4.79 Å². The molecule has 7 heteroatoms. The van der Waals surface area contributed by atoms with Crippen molar-refractivity contribution in [2.45, 2.75) is 154 Å². The molecule has 0 radical (unpaired) electrons. The number of carbonyl (C=O) groups is 2. The molecule has 4 aliphatic carbocycles. The first-order valence-electron chi connectivity index (χ1n) is 18.2. The molecule has 11 atom stereocenters. The third-order valence-corrected chi connectivity index (χ3v) is 14.9. The van der Waals surface area contributed by atoms with Gasteiger partial charge in [-0.2, -0.15) is 11.8 Å². The Morgan fingerprint density at radius 2 is 1.82 bits per heavy atom. The van der Waals surface area contributed by atoms with E-state index in [-0.39, 0.29) is 30.6 Å². The summed E-state index contributed by atoms with van der Waals surface area (Å²) in [5.41, 5.74) is 2.60. The molecule has 0 bridgehead atoms. The number of hydrogen-bond donors (Lipinski definition) is 4. The number of carbonyl (C=O) groups excluding carboxylic acids is 1. The van der Waals surface area contributed by atoms with Crippen molar-refractivity contribution in [3.63, 3.8) is 0 Å². The fourth-order valence-electron chi connectivity index (χ4n) is 10.9. The quantitative estimate of drug-likeness (QED) is 0.111. The van der Waals surface area contributed by atoms with Crippen molar-refractivity contribution in [3.05, 3.63) is 11.6 Å². The lowest BCUT2D eigenvalue weighted by Gasteiger charge is -2.58. The Labute approximate surface area is 271 Å². The molecule has 8 unspecified atom stereocenters. The predicted octanol–water partition coefficient (Wildman–Crippen LogP) is 8.19. The zero-order valence-electron chi connectivity index (χ0n) is 28.3. The van der Waals surface area contributed by atoms with E-state index in [0.29, 0.717) is 16.1 Å². The summed E-state index contributed by atoms with van der Waals surface area (Å²) in [6.45, 7) is 12.6. The first-order valence-corrected chi connectivity index (χ1v) is 19.2. The van der Waals surface area contributed by atoms with Gasteiger partial charge in [-0.15, -0.1) is 0 Å². The highest BCUT2D eigenvalue weighted by Crippen LogP contribution is 2.67. The number of allylic oxidation sites excluding steroid dienone is 1. The van der Waals surface area contributed by atoms with Gasteiger partial charge in [0.2, 0.25) is 0 Å². The highest BCUT2D eigenvalue weighted by molar-refractivity contribution is 8.00. The number of amides is 2. The lowest BCUT2D eigenvalue weighted by Crippen LogP contribution is -2.50. The number of aliphatic carboxylic acids is 1. The molecule has 250 valence electrons. The number of rotatable bonds is 10. The number of urea groups is 1. The van der Waals surface area contributed by atoms with Crippen LogP contribution in [0.25, 0.3) is 0 Å². The van der Waals surface area contributed by atoms with Gasteiger partial charge in [0.05, 0.1) is 18.2 Å².